The molecule has 0 aliphatic heterocycles. The topological polar surface area (TPSA) is 62.2 Å². The highest BCUT2D eigenvalue weighted by atomic mass is 79.9. The van der Waals surface area contributed by atoms with Gasteiger partial charge >= 0.3 is 5.97 Å². The van der Waals surface area contributed by atoms with Gasteiger partial charge in [-0.05, 0) is 53.4 Å². The minimum absolute atomic E-state index is 0.483. The Morgan fingerprint density at radius 3 is 3.10 bits per heavy atom. The van der Waals surface area contributed by atoms with Crippen LogP contribution in [-0.2, 0) is 11.2 Å². The van der Waals surface area contributed by atoms with Crippen LogP contribution in [0.25, 0.3) is 0 Å². The van der Waals surface area contributed by atoms with Crippen molar-refractivity contribution in [1.82, 2.24) is 4.98 Å². The number of carbonyl (C=O) groups is 1. The van der Waals surface area contributed by atoms with Crippen LogP contribution in [0.2, 0.25) is 5.02 Å². The lowest BCUT2D eigenvalue weighted by atomic mass is 9.91. The molecule has 1 aromatic carbocycles. The summed E-state index contributed by atoms with van der Waals surface area (Å²) in [4.78, 5) is 16.8. The highest BCUT2D eigenvalue weighted by Crippen LogP contribution is 2.38. The molecule has 0 bridgehead atoms. The number of nitrogens with one attached hydrogen (secondary N) is 1. The Bertz CT molecular complexity index is 704. The second-order valence-corrected chi connectivity index (χ2v) is 7.23. The summed E-state index contributed by atoms with van der Waals surface area (Å²) >= 11 is 11.0. The SMILES string of the molecule is O=C(O)C1CCCc2sc(Nc3cc(Cl)ccc3Br)nc21. The molecule has 4 nitrogen and oxygen atoms in total. The van der Waals surface area contributed by atoms with Crippen molar-refractivity contribution in [1.29, 1.82) is 0 Å². The maximum Gasteiger partial charge on any atom is 0.312 e. The molecule has 0 saturated carbocycles. The van der Waals surface area contributed by atoms with Gasteiger partial charge in [0, 0.05) is 14.4 Å². The largest absolute Gasteiger partial charge is 0.481 e. The Morgan fingerprint density at radius 2 is 2.33 bits per heavy atom. The van der Waals surface area contributed by atoms with Gasteiger partial charge in [-0.2, -0.15) is 0 Å². The summed E-state index contributed by atoms with van der Waals surface area (Å²) in [5.74, 6) is -1.28. The van der Waals surface area contributed by atoms with Crippen molar-refractivity contribution >= 4 is 55.7 Å². The molecule has 3 rings (SSSR count). The fourth-order valence-electron chi connectivity index (χ4n) is 2.42. The fraction of sp³-hybridized carbons (Fsp3) is 0.286. The second-order valence-electron chi connectivity index (χ2n) is 4.86. The summed E-state index contributed by atoms with van der Waals surface area (Å²) in [5.41, 5.74) is 1.53. The molecule has 0 spiro atoms. The summed E-state index contributed by atoms with van der Waals surface area (Å²) in [7, 11) is 0. The molecule has 1 aliphatic carbocycles. The van der Waals surface area contributed by atoms with Gasteiger partial charge in [-0.25, -0.2) is 4.98 Å². The molecule has 1 heterocycles. The normalized spacial score (nSPS) is 17.3. The Balaban J connectivity index is 1.91. The van der Waals surface area contributed by atoms with Crippen molar-refractivity contribution in [2.45, 2.75) is 25.2 Å². The number of carboxylic acid groups (broad SMARTS) is 1. The summed E-state index contributed by atoms with van der Waals surface area (Å²) < 4.78 is 0.884. The van der Waals surface area contributed by atoms with Crippen LogP contribution in [0.15, 0.2) is 22.7 Å². The Hall–Kier alpha value is -1.11. The van der Waals surface area contributed by atoms with Crippen molar-refractivity contribution < 1.29 is 9.90 Å². The Morgan fingerprint density at radius 1 is 1.52 bits per heavy atom. The van der Waals surface area contributed by atoms with Crippen LogP contribution in [0.1, 0.15) is 29.3 Å². The van der Waals surface area contributed by atoms with E-state index in [-0.39, 0.29) is 0 Å². The number of hydrogen-bond donors (Lipinski definition) is 2. The third-order valence-corrected chi connectivity index (χ3v) is 5.40. The lowest BCUT2D eigenvalue weighted by Crippen LogP contribution is -2.17. The van der Waals surface area contributed by atoms with E-state index in [1.54, 1.807) is 12.1 Å². The second kappa shape index (κ2) is 5.94. The van der Waals surface area contributed by atoms with Crippen molar-refractivity contribution in [2.24, 2.45) is 0 Å². The fourth-order valence-corrected chi connectivity index (χ4v) is 4.02. The van der Waals surface area contributed by atoms with Crippen molar-refractivity contribution in [2.75, 3.05) is 5.32 Å². The van der Waals surface area contributed by atoms with E-state index in [0.717, 1.165) is 27.9 Å². The average Bonchev–Trinajstić information content (AvgIpc) is 2.84. The number of aromatic nitrogens is 1. The maximum absolute atomic E-state index is 11.3. The molecular weight excluding hydrogens is 376 g/mol. The molecule has 0 radical (unpaired) electrons. The first-order chi connectivity index (χ1) is 10.0. The molecular formula is C14H12BrClN2O2S. The van der Waals surface area contributed by atoms with Crippen molar-refractivity contribution in [3.8, 4) is 0 Å². The molecule has 2 N–H and O–H groups in total. The van der Waals surface area contributed by atoms with E-state index in [1.165, 1.54) is 11.3 Å². The number of fused-ring (bicyclic) bond motifs is 1. The van der Waals surface area contributed by atoms with Gasteiger partial charge in [0.25, 0.3) is 0 Å². The Kier molecular flexibility index (Phi) is 4.19. The number of rotatable bonds is 3. The van der Waals surface area contributed by atoms with Gasteiger partial charge in [0.15, 0.2) is 5.13 Å². The average molecular weight is 388 g/mol. The number of carboxylic acids is 1. The third-order valence-electron chi connectivity index (χ3n) is 3.42. The van der Waals surface area contributed by atoms with Gasteiger partial charge in [-0.3, -0.25) is 4.79 Å². The van der Waals surface area contributed by atoms with Crippen LogP contribution in [0.3, 0.4) is 0 Å². The lowest BCUT2D eigenvalue weighted by Gasteiger charge is -2.16. The first kappa shape index (κ1) is 14.8. The smallest absolute Gasteiger partial charge is 0.312 e. The van der Waals surface area contributed by atoms with E-state index >= 15 is 0 Å². The van der Waals surface area contributed by atoms with Gasteiger partial charge < -0.3 is 10.4 Å². The number of benzene rings is 1. The number of halogens is 2. The molecule has 1 aliphatic rings. The molecule has 0 amide bonds. The Labute approximate surface area is 139 Å². The molecule has 110 valence electrons. The minimum Gasteiger partial charge on any atom is -0.481 e. The van der Waals surface area contributed by atoms with Gasteiger partial charge in [-0.15, -0.1) is 11.3 Å². The van der Waals surface area contributed by atoms with E-state index in [9.17, 15) is 9.90 Å². The lowest BCUT2D eigenvalue weighted by molar-refractivity contribution is -0.139. The highest BCUT2D eigenvalue weighted by molar-refractivity contribution is 9.10. The molecule has 1 unspecified atom stereocenters. The molecule has 0 fully saturated rings. The summed E-state index contributed by atoms with van der Waals surface area (Å²) in [5, 5.41) is 13.8. The molecule has 2 aromatic rings. The number of hydrogen-bond acceptors (Lipinski definition) is 4. The molecule has 7 heteroatoms. The monoisotopic (exact) mass is 386 g/mol. The molecule has 1 atom stereocenters. The molecule has 1 aromatic heterocycles. The van der Waals surface area contributed by atoms with E-state index in [1.807, 2.05) is 6.07 Å². The van der Waals surface area contributed by atoms with Crippen LogP contribution in [0.4, 0.5) is 10.8 Å². The van der Waals surface area contributed by atoms with Crippen LogP contribution < -0.4 is 5.32 Å². The standard InChI is InChI=1S/C14H12BrClN2O2S/c15-9-5-4-7(16)6-10(9)17-14-18-12-8(13(19)20)2-1-3-11(12)21-14/h4-6,8H,1-3H2,(H,17,18)(H,19,20). The number of aryl methyl sites for hydroxylation is 1. The first-order valence-corrected chi connectivity index (χ1v) is 8.48. The number of anilines is 2. The van der Waals surface area contributed by atoms with Crippen LogP contribution >= 0.6 is 38.9 Å². The van der Waals surface area contributed by atoms with Gasteiger partial charge in [0.05, 0.1) is 11.4 Å². The summed E-state index contributed by atoms with van der Waals surface area (Å²) in [6.07, 6.45) is 2.45. The highest BCUT2D eigenvalue weighted by Gasteiger charge is 2.30. The van der Waals surface area contributed by atoms with Crippen LogP contribution in [0.5, 0.6) is 0 Å². The first-order valence-electron chi connectivity index (χ1n) is 6.49. The zero-order valence-electron chi connectivity index (χ0n) is 10.9. The maximum atomic E-state index is 11.3. The van der Waals surface area contributed by atoms with Gasteiger partial charge in [-0.1, -0.05) is 11.6 Å². The van der Waals surface area contributed by atoms with Crippen LogP contribution in [-0.4, -0.2) is 16.1 Å². The molecule has 21 heavy (non-hydrogen) atoms. The zero-order valence-corrected chi connectivity index (χ0v) is 14.1. The van der Waals surface area contributed by atoms with Crippen molar-refractivity contribution in [3.63, 3.8) is 0 Å². The van der Waals surface area contributed by atoms with Crippen LogP contribution in [0, 0.1) is 0 Å². The number of thiazole rings is 1. The zero-order chi connectivity index (χ0) is 15.0. The summed E-state index contributed by atoms with van der Waals surface area (Å²) in [6.45, 7) is 0. The minimum atomic E-state index is -0.795. The van der Waals surface area contributed by atoms with E-state index < -0.39 is 11.9 Å². The van der Waals surface area contributed by atoms with Crippen molar-refractivity contribution in [3.05, 3.63) is 38.3 Å². The predicted molar refractivity (Wildman–Crippen MR) is 87.9 cm³/mol. The predicted octanol–water partition coefficient (Wildman–Crippen LogP) is 4.81. The van der Waals surface area contributed by atoms with E-state index in [4.69, 9.17) is 11.6 Å². The van der Waals surface area contributed by atoms with E-state index in [0.29, 0.717) is 22.3 Å². The van der Waals surface area contributed by atoms with Gasteiger partial charge in [0.1, 0.15) is 5.92 Å². The quantitative estimate of drug-likeness (QED) is 0.793. The molecule has 0 saturated heterocycles. The van der Waals surface area contributed by atoms with E-state index in [2.05, 4.69) is 26.2 Å². The summed E-state index contributed by atoms with van der Waals surface area (Å²) in [6, 6.07) is 5.46. The number of nitrogens with zero attached hydrogens (tertiary/aromatic N) is 1. The third kappa shape index (κ3) is 3.07. The number of aliphatic carboxylic acids is 1. The van der Waals surface area contributed by atoms with Gasteiger partial charge in [0.2, 0.25) is 0 Å².